The molecular weight excluding hydrogens is 265 g/mol. The van der Waals surface area contributed by atoms with E-state index in [1.165, 1.54) is 0 Å². The van der Waals surface area contributed by atoms with E-state index in [1.807, 2.05) is 18.9 Å². The fraction of sp³-hybridized carbons (Fsp3) is 0.667. The highest BCUT2D eigenvalue weighted by molar-refractivity contribution is 5.83. The molecule has 3 N–H and O–H groups in total. The predicted molar refractivity (Wildman–Crippen MR) is 70.2 cm³/mol. The molecule has 0 aromatic carbocycles. The van der Waals surface area contributed by atoms with Gasteiger partial charge in [-0.25, -0.2) is 9.37 Å². The molecule has 0 radical (unpaired) electrons. The number of aliphatic imine (C=N–C) groups is 1. The minimum absolute atomic E-state index is 0.0000322. The molecule has 1 saturated heterocycles. The second-order valence-electron chi connectivity index (χ2n) is 5.18. The van der Waals surface area contributed by atoms with Crippen molar-refractivity contribution in [1.29, 1.82) is 0 Å². The lowest BCUT2D eigenvalue weighted by Gasteiger charge is -2.29. The van der Waals surface area contributed by atoms with E-state index >= 15 is 0 Å². The number of hydrogen-bond acceptors (Lipinski definition) is 6. The first-order valence-electron chi connectivity index (χ1n) is 6.57. The summed E-state index contributed by atoms with van der Waals surface area (Å²) in [6.45, 7) is 1.64. The van der Waals surface area contributed by atoms with E-state index < -0.39 is 18.5 Å². The predicted octanol–water partition coefficient (Wildman–Crippen LogP) is 0.454. The maximum atomic E-state index is 13.7. The summed E-state index contributed by atoms with van der Waals surface area (Å²) >= 11 is 0. The molecule has 0 saturated carbocycles. The van der Waals surface area contributed by atoms with Crippen LogP contribution in [-0.2, 0) is 4.74 Å². The largest absolute Gasteiger partial charge is 0.394 e. The molecule has 0 amide bonds. The van der Waals surface area contributed by atoms with Crippen LogP contribution >= 0.6 is 0 Å². The molecule has 2 aliphatic heterocycles. The summed E-state index contributed by atoms with van der Waals surface area (Å²) in [5.74, 6) is 0.990. The van der Waals surface area contributed by atoms with Gasteiger partial charge in [-0.2, -0.15) is 4.99 Å². The van der Waals surface area contributed by atoms with Gasteiger partial charge in [0.1, 0.15) is 24.2 Å². The number of aliphatic hydroxyl groups excluding tert-OH is 1. The van der Waals surface area contributed by atoms with E-state index in [2.05, 4.69) is 9.98 Å². The monoisotopic (exact) mass is 283 g/mol. The average molecular weight is 283 g/mol. The van der Waals surface area contributed by atoms with Gasteiger partial charge in [0.2, 0.25) is 0 Å². The minimum atomic E-state index is -1.19. The maximum Gasteiger partial charge on any atom is 0.198 e. The highest BCUT2D eigenvalue weighted by Gasteiger charge is 2.38. The van der Waals surface area contributed by atoms with E-state index in [-0.39, 0.29) is 19.1 Å². The van der Waals surface area contributed by atoms with Crippen molar-refractivity contribution in [1.82, 2.24) is 14.5 Å². The van der Waals surface area contributed by atoms with E-state index in [0.717, 1.165) is 5.69 Å². The van der Waals surface area contributed by atoms with Gasteiger partial charge in [-0.15, -0.1) is 0 Å². The van der Waals surface area contributed by atoms with Gasteiger partial charge < -0.3 is 20.5 Å². The van der Waals surface area contributed by atoms with Crippen molar-refractivity contribution < 1.29 is 14.2 Å². The van der Waals surface area contributed by atoms with Crippen LogP contribution in [0.15, 0.2) is 11.3 Å². The first kappa shape index (κ1) is 13.3. The third kappa shape index (κ3) is 1.87. The minimum Gasteiger partial charge on any atom is -0.394 e. The Morgan fingerprint density at radius 3 is 3.00 bits per heavy atom. The second kappa shape index (κ2) is 4.71. The Bertz CT molecular complexity index is 546. The molecule has 1 aromatic rings. The number of aliphatic hydroxyl groups is 1. The molecule has 4 atom stereocenters. The number of hydrogen-bond donors (Lipinski definition) is 2. The number of aromatic nitrogens is 2. The van der Waals surface area contributed by atoms with Crippen LogP contribution < -0.4 is 5.73 Å². The van der Waals surface area contributed by atoms with E-state index in [9.17, 15) is 4.39 Å². The Morgan fingerprint density at radius 2 is 2.35 bits per heavy atom. The van der Waals surface area contributed by atoms with Crippen LogP contribution in [0.5, 0.6) is 0 Å². The van der Waals surface area contributed by atoms with Gasteiger partial charge in [-0.3, -0.25) is 4.57 Å². The molecule has 0 bridgehead atoms. The van der Waals surface area contributed by atoms with Crippen LogP contribution in [0.3, 0.4) is 0 Å². The normalized spacial score (nSPS) is 33.2. The molecule has 0 aliphatic carbocycles. The average Bonchev–Trinajstić information content (AvgIpc) is 2.99. The summed E-state index contributed by atoms with van der Waals surface area (Å²) in [6.07, 6.45) is -0.719. The Hall–Kier alpha value is -1.67. The van der Waals surface area contributed by atoms with Crippen LogP contribution in [0.1, 0.15) is 31.3 Å². The molecule has 110 valence electrons. The van der Waals surface area contributed by atoms with Gasteiger partial charge in [-0.1, -0.05) is 0 Å². The molecule has 2 aliphatic rings. The number of ether oxygens (including phenoxy) is 1. The summed E-state index contributed by atoms with van der Waals surface area (Å²) in [5, 5.41) is 9.06. The fourth-order valence-electron chi connectivity index (χ4n) is 2.58. The van der Waals surface area contributed by atoms with E-state index in [0.29, 0.717) is 11.8 Å². The van der Waals surface area contributed by atoms with Gasteiger partial charge in [0.25, 0.3) is 0 Å². The summed E-state index contributed by atoms with van der Waals surface area (Å²) in [4.78, 5) is 10.5. The smallest absolute Gasteiger partial charge is 0.198 e. The maximum absolute atomic E-state index is 13.7. The van der Waals surface area contributed by atoms with Crippen molar-refractivity contribution >= 4 is 11.8 Å². The first-order chi connectivity index (χ1) is 9.52. The SMILES string of the molecule is CC1c2ncn(C3CC(F)C(CO)O3)c2N=C(N)N1C. The van der Waals surface area contributed by atoms with Gasteiger partial charge >= 0.3 is 0 Å². The molecule has 7 nitrogen and oxygen atoms in total. The zero-order valence-corrected chi connectivity index (χ0v) is 11.4. The molecule has 3 heterocycles. The molecule has 1 fully saturated rings. The zero-order valence-electron chi connectivity index (χ0n) is 11.4. The molecule has 1 aromatic heterocycles. The number of fused-ring (bicyclic) bond motifs is 1. The van der Waals surface area contributed by atoms with Crippen molar-refractivity contribution in [2.45, 2.75) is 37.9 Å². The van der Waals surface area contributed by atoms with Gasteiger partial charge in [0.05, 0.1) is 19.0 Å². The van der Waals surface area contributed by atoms with Crippen molar-refractivity contribution in [3.05, 3.63) is 12.0 Å². The van der Waals surface area contributed by atoms with Crippen LogP contribution in [0.2, 0.25) is 0 Å². The lowest BCUT2D eigenvalue weighted by molar-refractivity contribution is -0.0331. The third-order valence-corrected chi connectivity index (χ3v) is 4.01. The van der Waals surface area contributed by atoms with E-state index in [1.54, 1.807) is 10.9 Å². The zero-order chi connectivity index (χ0) is 14.4. The molecule has 3 rings (SSSR count). The number of imidazole rings is 1. The number of alkyl halides is 1. The lowest BCUT2D eigenvalue weighted by atomic mass is 10.2. The Morgan fingerprint density at radius 1 is 1.60 bits per heavy atom. The number of rotatable bonds is 2. The molecule has 8 heteroatoms. The standard InChI is InChI=1S/C12H18FN5O2/c1-6-10-11(16-12(14)17(6)2)18(5-15-10)9-3-7(13)8(4-19)20-9/h5-9,19H,3-4H2,1-2H3,(H2,14,16). The number of guanidine groups is 1. The quantitative estimate of drug-likeness (QED) is 0.823. The van der Waals surface area contributed by atoms with Crippen molar-refractivity contribution in [3.8, 4) is 0 Å². The van der Waals surface area contributed by atoms with Gasteiger partial charge in [0.15, 0.2) is 11.8 Å². The number of nitrogens with zero attached hydrogens (tertiary/aromatic N) is 4. The van der Waals surface area contributed by atoms with Gasteiger partial charge in [0, 0.05) is 13.5 Å². The summed E-state index contributed by atoms with van der Waals surface area (Å²) in [7, 11) is 1.84. The number of nitrogens with two attached hydrogens (primary N) is 1. The topological polar surface area (TPSA) is 88.9 Å². The number of halogens is 1. The summed E-state index contributed by atoms with van der Waals surface area (Å²) in [6, 6.07) is -0.0000322. The highest BCUT2D eigenvalue weighted by Crippen LogP contribution is 2.38. The van der Waals surface area contributed by atoms with Gasteiger partial charge in [-0.05, 0) is 6.92 Å². The molecule has 4 unspecified atom stereocenters. The first-order valence-corrected chi connectivity index (χ1v) is 6.57. The Balaban J connectivity index is 1.94. The van der Waals surface area contributed by atoms with Crippen LogP contribution in [-0.4, -0.2) is 51.4 Å². The summed E-state index contributed by atoms with van der Waals surface area (Å²) in [5.41, 5.74) is 6.66. The molecular formula is C12H18FN5O2. The van der Waals surface area contributed by atoms with Crippen LogP contribution in [0, 0.1) is 0 Å². The van der Waals surface area contributed by atoms with Crippen molar-refractivity contribution in [2.24, 2.45) is 10.7 Å². The van der Waals surface area contributed by atoms with Crippen LogP contribution in [0.4, 0.5) is 10.2 Å². The van der Waals surface area contributed by atoms with E-state index in [4.69, 9.17) is 15.6 Å². The third-order valence-electron chi connectivity index (χ3n) is 4.01. The van der Waals surface area contributed by atoms with Crippen molar-refractivity contribution in [2.75, 3.05) is 13.7 Å². The second-order valence-corrected chi connectivity index (χ2v) is 5.18. The molecule has 20 heavy (non-hydrogen) atoms. The fourth-order valence-corrected chi connectivity index (χ4v) is 2.58. The molecule has 0 spiro atoms. The highest BCUT2D eigenvalue weighted by atomic mass is 19.1. The van der Waals surface area contributed by atoms with Crippen molar-refractivity contribution in [3.63, 3.8) is 0 Å². The Kier molecular flexibility index (Phi) is 3.14. The van der Waals surface area contributed by atoms with Crippen LogP contribution in [0.25, 0.3) is 0 Å². The lowest BCUT2D eigenvalue weighted by Crippen LogP contribution is -2.38. The summed E-state index contributed by atoms with van der Waals surface area (Å²) < 4.78 is 20.9. The Labute approximate surface area is 115 Å².